The average molecular weight is 287 g/mol. The molecule has 0 aliphatic carbocycles. The zero-order chi connectivity index (χ0) is 12.0. The van der Waals surface area contributed by atoms with E-state index in [0.717, 1.165) is 23.0 Å². The highest BCUT2D eigenvalue weighted by Crippen LogP contribution is 2.09. The number of pyridine rings is 1. The molecule has 0 saturated carbocycles. The van der Waals surface area contributed by atoms with Gasteiger partial charge in [-0.25, -0.2) is 0 Å². The molecule has 1 rings (SSSR count). The Labute approximate surface area is 105 Å². The normalized spacial score (nSPS) is 13.1. The lowest BCUT2D eigenvalue weighted by atomic mass is 10.1. The molecule has 1 atom stereocenters. The smallest absolute Gasteiger partial charge is 0.0667 e. The molecule has 1 aromatic rings. The fourth-order valence-corrected chi connectivity index (χ4v) is 1.98. The first-order valence-corrected chi connectivity index (χ1v) is 6.35. The summed E-state index contributed by atoms with van der Waals surface area (Å²) < 4.78 is 0.981. The molecule has 0 bridgehead atoms. The highest BCUT2D eigenvalue weighted by molar-refractivity contribution is 9.10. The number of aromatic nitrogens is 1. The molecule has 1 aromatic heterocycles. The van der Waals surface area contributed by atoms with E-state index in [1.54, 1.807) is 6.20 Å². The van der Waals surface area contributed by atoms with Crippen molar-refractivity contribution >= 4 is 15.9 Å². The first kappa shape index (κ1) is 13.6. The van der Waals surface area contributed by atoms with Gasteiger partial charge in [0.15, 0.2) is 0 Å². The van der Waals surface area contributed by atoms with Gasteiger partial charge in [0, 0.05) is 30.0 Å². The molecule has 0 saturated heterocycles. The van der Waals surface area contributed by atoms with Crippen molar-refractivity contribution in [2.24, 2.45) is 5.92 Å². The van der Waals surface area contributed by atoms with Crippen LogP contribution in [0.3, 0.4) is 0 Å². The second kappa shape index (κ2) is 6.99. The number of halogens is 1. The summed E-state index contributed by atoms with van der Waals surface area (Å²) in [4.78, 5) is 4.08. The molecule has 3 nitrogen and oxygen atoms in total. The van der Waals surface area contributed by atoms with Crippen molar-refractivity contribution in [1.29, 1.82) is 0 Å². The van der Waals surface area contributed by atoms with Crippen molar-refractivity contribution < 1.29 is 5.11 Å². The van der Waals surface area contributed by atoms with Crippen molar-refractivity contribution in [3.8, 4) is 0 Å². The van der Waals surface area contributed by atoms with Gasteiger partial charge in [-0.1, -0.05) is 13.8 Å². The molecule has 0 spiro atoms. The fraction of sp³-hybridized carbons (Fsp3) is 0.583. The SMILES string of the molecule is CC(C)CC(O)CNCc1cncc(Br)c1. The van der Waals surface area contributed by atoms with Gasteiger partial charge in [-0.05, 0) is 39.9 Å². The van der Waals surface area contributed by atoms with Crippen LogP contribution in [0.2, 0.25) is 0 Å². The van der Waals surface area contributed by atoms with E-state index in [1.807, 2.05) is 12.3 Å². The van der Waals surface area contributed by atoms with Gasteiger partial charge in [0.05, 0.1) is 6.10 Å². The minimum absolute atomic E-state index is 0.264. The van der Waals surface area contributed by atoms with E-state index in [-0.39, 0.29) is 6.10 Å². The second-order valence-corrected chi connectivity index (χ2v) is 5.34. The standard InChI is InChI=1S/C12H19BrN2O/c1-9(2)3-12(16)8-15-6-10-4-11(13)7-14-5-10/h4-5,7,9,12,15-16H,3,6,8H2,1-2H3. The quantitative estimate of drug-likeness (QED) is 0.844. The summed E-state index contributed by atoms with van der Waals surface area (Å²) in [7, 11) is 0. The van der Waals surface area contributed by atoms with Crippen LogP contribution >= 0.6 is 15.9 Å². The highest BCUT2D eigenvalue weighted by Gasteiger charge is 2.06. The van der Waals surface area contributed by atoms with Crippen LogP contribution in [0.4, 0.5) is 0 Å². The Balaban J connectivity index is 2.25. The summed E-state index contributed by atoms with van der Waals surface area (Å²) in [5.41, 5.74) is 1.12. The molecule has 0 aromatic carbocycles. The molecule has 90 valence electrons. The van der Waals surface area contributed by atoms with Gasteiger partial charge in [0.25, 0.3) is 0 Å². The molecular weight excluding hydrogens is 268 g/mol. The highest BCUT2D eigenvalue weighted by atomic mass is 79.9. The maximum Gasteiger partial charge on any atom is 0.0667 e. The number of nitrogens with zero attached hydrogens (tertiary/aromatic N) is 1. The summed E-state index contributed by atoms with van der Waals surface area (Å²) in [5.74, 6) is 0.532. The van der Waals surface area contributed by atoms with Crippen LogP contribution in [-0.2, 0) is 6.54 Å². The molecule has 16 heavy (non-hydrogen) atoms. The lowest BCUT2D eigenvalue weighted by Gasteiger charge is -2.13. The van der Waals surface area contributed by atoms with Crippen molar-refractivity contribution in [2.75, 3.05) is 6.54 Å². The molecule has 0 amide bonds. The van der Waals surface area contributed by atoms with Crippen molar-refractivity contribution in [1.82, 2.24) is 10.3 Å². The van der Waals surface area contributed by atoms with E-state index in [0.29, 0.717) is 12.5 Å². The zero-order valence-electron chi connectivity index (χ0n) is 9.78. The summed E-state index contributed by atoms with van der Waals surface area (Å²) >= 11 is 3.38. The summed E-state index contributed by atoms with van der Waals surface area (Å²) in [6, 6.07) is 2.02. The largest absolute Gasteiger partial charge is 0.392 e. The molecule has 0 radical (unpaired) electrons. The third-order valence-electron chi connectivity index (χ3n) is 2.21. The summed E-state index contributed by atoms with van der Waals surface area (Å²) in [6.07, 6.45) is 4.16. The molecule has 4 heteroatoms. The van der Waals surface area contributed by atoms with E-state index in [9.17, 15) is 5.11 Å². The molecule has 0 fully saturated rings. The Hall–Kier alpha value is -0.450. The minimum atomic E-state index is -0.264. The van der Waals surface area contributed by atoms with Crippen molar-refractivity contribution in [2.45, 2.75) is 32.9 Å². The topological polar surface area (TPSA) is 45.1 Å². The van der Waals surface area contributed by atoms with Gasteiger partial charge in [-0.2, -0.15) is 0 Å². The summed E-state index contributed by atoms with van der Waals surface area (Å²) in [5, 5.41) is 12.9. The lowest BCUT2D eigenvalue weighted by molar-refractivity contribution is 0.146. The van der Waals surface area contributed by atoms with E-state index in [2.05, 4.69) is 40.1 Å². The van der Waals surface area contributed by atoms with Gasteiger partial charge in [0.2, 0.25) is 0 Å². The van der Waals surface area contributed by atoms with Gasteiger partial charge in [-0.3, -0.25) is 4.98 Å². The fourth-order valence-electron chi connectivity index (χ4n) is 1.56. The third-order valence-corrected chi connectivity index (χ3v) is 2.65. The van der Waals surface area contributed by atoms with Gasteiger partial charge >= 0.3 is 0 Å². The van der Waals surface area contributed by atoms with Gasteiger partial charge in [0.1, 0.15) is 0 Å². The Morgan fingerprint density at radius 3 is 2.81 bits per heavy atom. The Morgan fingerprint density at radius 1 is 1.44 bits per heavy atom. The first-order chi connectivity index (χ1) is 7.58. The van der Waals surface area contributed by atoms with E-state index in [1.165, 1.54) is 0 Å². The molecule has 0 aliphatic heterocycles. The summed E-state index contributed by atoms with van der Waals surface area (Å²) in [6.45, 7) is 5.59. The van der Waals surface area contributed by atoms with Crippen molar-refractivity contribution in [3.05, 3.63) is 28.5 Å². The number of aliphatic hydroxyl groups excluding tert-OH is 1. The minimum Gasteiger partial charge on any atom is -0.392 e. The average Bonchev–Trinajstić information content (AvgIpc) is 2.16. The van der Waals surface area contributed by atoms with Crippen LogP contribution in [0.1, 0.15) is 25.8 Å². The number of nitrogens with one attached hydrogen (secondary N) is 1. The number of hydrogen-bond donors (Lipinski definition) is 2. The molecule has 2 N–H and O–H groups in total. The molecule has 0 aliphatic rings. The van der Waals surface area contributed by atoms with Gasteiger partial charge in [-0.15, -0.1) is 0 Å². The maximum absolute atomic E-state index is 9.66. The van der Waals surface area contributed by atoms with Crippen LogP contribution in [0.25, 0.3) is 0 Å². The number of rotatable bonds is 6. The van der Waals surface area contributed by atoms with Crippen LogP contribution in [-0.4, -0.2) is 22.7 Å². The predicted molar refractivity (Wildman–Crippen MR) is 69.1 cm³/mol. The molecular formula is C12H19BrN2O. The number of hydrogen-bond acceptors (Lipinski definition) is 3. The van der Waals surface area contributed by atoms with Crippen LogP contribution in [0, 0.1) is 5.92 Å². The van der Waals surface area contributed by atoms with E-state index < -0.39 is 0 Å². The second-order valence-electron chi connectivity index (χ2n) is 4.43. The number of aliphatic hydroxyl groups is 1. The Morgan fingerprint density at radius 2 is 2.19 bits per heavy atom. The van der Waals surface area contributed by atoms with Crippen molar-refractivity contribution in [3.63, 3.8) is 0 Å². The van der Waals surface area contributed by atoms with Crippen LogP contribution in [0.5, 0.6) is 0 Å². The van der Waals surface area contributed by atoms with E-state index in [4.69, 9.17) is 0 Å². The third kappa shape index (κ3) is 5.58. The monoisotopic (exact) mass is 286 g/mol. The first-order valence-electron chi connectivity index (χ1n) is 5.56. The predicted octanol–water partition coefficient (Wildman–Crippen LogP) is 2.34. The van der Waals surface area contributed by atoms with Gasteiger partial charge < -0.3 is 10.4 Å². The van der Waals surface area contributed by atoms with Crippen LogP contribution < -0.4 is 5.32 Å². The lowest BCUT2D eigenvalue weighted by Crippen LogP contribution is -2.27. The maximum atomic E-state index is 9.66. The Kier molecular flexibility index (Phi) is 5.95. The molecule has 1 heterocycles. The Bertz CT molecular complexity index is 318. The van der Waals surface area contributed by atoms with Crippen LogP contribution in [0.15, 0.2) is 22.9 Å². The van der Waals surface area contributed by atoms with E-state index >= 15 is 0 Å². The zero-order valence-corrected chi connectivity index (χ0v) is 11.4. The molecule has 1 unspecified atom stereocenters.